The summed E-state index contributed by atoms with van der Waals surface area (Å²) in [5.41, 5.74) is 0.823. The number of rotatable bonds is 5. The Kier molecular flexibility index (Phi) is 5.33. The molecular formula is C19H23N3O2. The van der Waals surface area contributed by atoms with Gasteiger partial charge in [0, 0.05) is 26.2 Å². The highest BCUT2D eigenvalue weighted by Crippen LogP contribution is 2.28. The normalized spacial score (nSPS) is 15.1. The zero-order valence-corrected chi connectivity index (χ0v) is 13.9. The summed E-state index contributed by atoms with van der Waals surface area (Å²) in [7, 11) is 2.08. The average molecular weight is 325 g/mol. The van der Waals surface area contributed by atoms with Crippen molar-refractivity contribution in [1.82, 2.24) is 9.80 Å². The van der Waals surface area contributed by atoms with Crippen LogP contribution in [0.1, 0.15) is 0 Å². The third-order valence-electron chi connectivity index (χ3n) is 4.14. The summed E-state index contributed by atoms with van der Waals surface area (Å²) in [6, 6.07) is 17.3. The Morgan fingerprint density at radius 3 is 2.42 bits per heavy atom. The van der Waals surface area contributed by atoms with Crippen molar-refractivity contribution in [3.05, 3.63) is 54.6 Å². The maximum atomic E-state index is 12.4. The van der Waals surface area contributed by atoms with Gasteiger partial charge in [0.05, 0.1) is 12.2 Å². The van der Waals surface area contributed by atoms with Crippen LogP contribution >= 0.6 is 0 Å². The molecule has 0 radical (unpaired) electrons. The summed E-state index contributed by atoms with van der Waals surface area (Å²) in [5, 5.41) is 3.21. The molecule has 1 heterocycles. The van der Waals surface area contributed by atoms with Crippen LogP contribution in [0.25, 0.3) is 0 Å². The molecule has 1 amide bonds. The summed E-state index contributed by atoms with van der Waals surface area (Å²) in [6.07, 6.45) is 0. The van der Waals surface area contributed by atoms with E-state index in [9.17, 15) is 4.79 Å². The van der Waals surface area contributed by atoms with Crippen LogP contribution in [0.2, 0.25) is 0 Å². The van der Waals surface area contributed by atoms with Gasteiger partial charge in [-0.15, -0.1) is 0 Å². The molecule has 1 fully saturated rings. The number of hydrogen-bond acceptors (Lipinski definition) is 4. The summed E-state index contributed by atoms with van der Waals surface area (Å²) < 4.78 is 5.91. The van der Waals surface area contributed by atoms with Crippen LogP contribution in [0.4, 0.5) is 5.69 Å². The lowest BCUT2D eigenvalue weighted by Gasteiger charge is -2.32. The highest BCUT2D eigenvalue weighted by atomic mass is 16.5. The van der Waals surface area contributed by atoms with E-state index >= 15 is 0 Å². The zero-order valence-electron chi connectivity index (χ0n) is 13.9. The highest BCUT2D eigenvalue weighted by molar-refractivity contribution is 5.81. The molecule has 0 bridgehead atoms. The largest absolute Gasteiger partial charge is 0.455 e. The van der Waals surface area contributed by atoms with Gasteiger partial charge in [-0.25, -0.2) is 0 Å². The SMILES string of the molecule is CN1CCN(C(=O)CNc2ccccc2Oc2ccccc2)CC1. The molecule has 1 saturated heterocycles. The first-order valence-corrected chi connectivity index (χ1v) is 8.24. The van der Waals surface area contributed by atoms with Gasteiger partial charge in [0.25, 0.3) is 0 Å². The van der Waals surface area contributed by atoms with E-state index in [-0.39, 0.29) is 12.5 Å². The molecule has 24 heavy (non-hydrogen) atoms. The Labute approximate surface area is 142 Å². The van der Waals surface area contributed by atoms with Crippen LogP contribution < -0.4 is 10.1 Å². The van der Waals surface area contributed by atoms with E-state index in [0.29, 0.717) is 0 Å². The number of benzene rings is 2. The number of anilines is 1. The van der Waals surface area contributed by atoms with Crippen LogP contribution in [0.5, 0.6) is 11.5 Å². The van der Waals surface area contributed by atoms with Gasteiger partial charge in [-0.1, -0.05) is 30.3 Å². The number of nitrogens with zero attached hydrogens (tertiary/aromatic N) is 2. The van der Waals surface area contributed by atoms with E-state index < -0.39 is 0 Å². The number of piperazine rings is 1. The number of carbonyl (C=O) groups excluding carboxylic acids is 1. The second-order valence-corrected chi connectivity index (χ2v) is 5.95. The summed E-state index contributed by atoms with van der Waals surface area (Å²) in [6.45, 7) is 3.72. The predicted octanol–water partition coefficient (Wildman–Crippen LogP) is 2.66. The van der Waals surface area contributed by atoms with Crippen molar-refractivity contribution in [3.8, 4) is 11.5 Å². The summed E-state index contributed by atoms with van der Waals surface area (Å²) in [5.74, 6) is 1.62. The maximum absolute atomic E-state index is 12.4. The first-order chi connectivity index (χ1) is 11.7. The standard InChI is InChI=1S/C19H23N3O2/c1-21-11-13-22(14-12-21)19(23)15-20-17-9-5-6-10-18(17)24-16-7-3-2-4-8-16/h2-10,20H,11-15H2,1H3. The van der Waals surface area contributed by atoms with E-state index in [1.807, 2.05) is 59.5 Å². The van der Waals surface area contributed by atoms with Crippen LogP contribution in [-0.4, -0.2) is 55.5 Å². The summed E-state index contributed by atoms with van der Waals surface area (Å²) >= 11 is 0. The fourth-order valence-electron chi connectivity index (χ4n) is 2.66. The molecule has 0 unspecified atom stereocenters. The van der Waals surface area contributed by atoms with Gasteiger partial charge >= 0.3 is 0 Å². The van der Waals surface area contributed by atoms with Crippen molar-refractivity contribution >= 4 is 11.6 Å². The number of para-hydroxylation sites is 3. The number of ether oxygens (including phenoxy) is 1. The lowest BCUT2D eigenvalue weighted by Crippen LogP contribution is -2.48. The lowest BCUT2D eigenvalue weighted by atomic mass is 10.2. The van der Waals surface area contributed by atoms with Gasteiger partial charge < -0.3 is 19.9 Å². The van der Waals surface area contributed by atoms with Gasteiger partial charge in [-0.2, -0.15) is 0 Å². The van der Waals surface area contributed by atoms with E-state index in [1.165, 1.54) is 0 Å². The molecule has 5 nitrogen and oxygen atoms in total. The summed E-state index contributed by atoms with van der Waals surface area (Å²) in [4.78, 5) is 16.5. The topological polar surface area (TPSA) is 44.8 Å². The van der Waals surface area contributed by atoms with Crippen molar-refractivity contribution in [1.29, 1.82) is 0 Å². The minimum Gasteiger partial charge on any atom is -0.455 e. The third kappa shape index (κ3) is 4.26. The van der Waals surface area contributed by atoms with Crippen LogP contribution in [0.15, 0.2) is 54.6 Å². The molecule has 1 aliphatic rings. The van der Waals surface area contributed by atoms with Crippen molar-refractivity contribution in [2.75, 3.05) is 45.1 Å². The Bertz CT molecular complexity index is 667. The highest BCUT2D eigenvalue weighted by Gasteiger charge is 2.18. The maximum Gasteiger partial charge on any atom is 0.241 e. The Hall–Kier alpha value is -2.53. The number of carbonyl (C=O) groups is 1. The molecule has 0 spiro atoms. The number of likely N-dealkylation sites (N-methyl/N-ethyl adjacent to an activating group) is 1. The Morgan fingerprint density at radius 1 is 1.00 bits per heavy atom. The Balaban J connectivity index is 1.60. The third-order valence-corrected chi connectivity index (χ3v) is 4.14. The van der Waals surface area contributed by atoms with Gasteiger partial charge in [0.2, 0.25) is 5.91 Å². The minimum absolute atomic E-state index is 0.123. The van der Waals surface area contributed by atoms with Gasteiger partial charge in [0.15, 0.2) is 5.75 Å². The van der Waals surface area contributed by atoms with Crippen molar-refractivity contribution in [3.63, 3.8) is 0 Å². The van der Waals surface area contributed by atoms with Crippen molar-refractivity contribution < 1.29 is 9.53 Å². The van der Waals surface area contributed by atoms with Gasteiger partial charge in [-0.3, -0.25) is 4.79 Å². The quantitative estimate of drug-likeness (QED) is 0.918. The van der Waals surface area contributed by atoms with Gasteiger partial charge in [0.1, 0.15) is 5.75 Å². The molecule has 1 N–H and O–H groups in total. The van der Waals surface area contributed by atoms with Crippen LogP contribution in [-0.2, 0) is 4.79 Å². The van der Waals surface area contributed by atoms with Crippen molar-refractivity contribution in [2.45, 2.75) is 0 Å². The lowest BCUT2D eigenvalue weighted by molar-refractivity contribution is -0.130. The van der Waals surface area contributed by atoms with Crippen molar-refractivity contribution in [2.24, 2.45) is 0 Å². The monoisotopic (exact) mass is 325 g/mol. The molecule has 2 aromatic rings. The first kappa shape index (κ1) is 16.3. The molecule has 1 aliphatic heterocycles. The van der Waals surface area contributed by atoms with E-state index in [0.717, 1.165) is 43.4 Å². The molecule has 0 saturated carbocycles. The van der Waals surface area contributed by atoms with E-state index in [1.54, 1.807) is 0 Å². The molecular weight excluding hydrogens is 302 g/mol. The van der Waals surface area contributed by atoms with E-state index in [2.05, 4.69) is 17.3 Å². The fraction of sp³-hybridized carbons (Fsp3) is 0.316. The Morgan fingerprint density at radius 2 is 1.67 bits per heavy atom. The minimum atomic E-state index is 0.123. The zero-order chi connectivity index (χ0) is 16.8. The predicted molar refractivity (Wildman–Crippen MR) is 95.5 cm³/mol. The first-order valence-electron chi connectivity index (χ1n) is 8.24. The molecule has 0 aliphatic carbocycles. The molecule has 2 aromatic carbocycles. The second-order valence-electron chi connectivity index (χ2n) is 5.95. The number of nitrogens with one attached hydrogen (secondary N) is 1. The fourth-order valence-corrected chi connectivity index (χ4v) is 2.66. The van der Waals surface area contributed by atoms with Gasteiger partial charge in [-0.05, 0) is 31.3 Å². The molecule has 0 aromatic heterocycles. The van der Waals surface area contributed by atoms with Crippen LogP contribution in [0.3, 0.4) is 0 Å². The molecule has 3 rings (SSSR count). The van der Waals surface area contributed by atoms with E-state index in [4.69, 9.17) is 4.74 Å². The molecule has 126 valence electrons. The number of hydrogen-bond donors (Lipinski definition) is 1. The molecule has 5 heteroatoms. The van der Waals surface area contributed by atoms with Crippen LogP contribution in [0, 0.1) is 0 Å². The number of amides is 1. The average Bonchev–Trinajstić information content (AvgIpc) is 2.62. The second kappa shape index (κ2) is 7.84. The molecule has 0 atom stereocenters. The smallest absolute Gasteiger partial charge is 0.241 e.